The van der Waals surface area contributed by atoms with Gasteiger partial charge in [0.25, 0.3) is 0 Å². The molecule has 2 rings (SSSR count). The molecular weight excluding hydrogens is 431 g/mol. The van der Waals surface area contributed by atoms with Crippen molar-refractivity contribution in [3.05, 3.63) is 43.1 Å². The van der Waals surface area contributed by atoms with Gasteiger partial charge in [-0.15, -0.1) is 0 Å². The van der Waals surface area contributed by atoms with Gasteiger partial charge in [0.05, 0.1) is 10.0 Å². The maximum Gasteiger partial charge on any atom is 0.223 e. The fourth-order valence-electron chi connectivity index (χ4n) is 1.52. The third kappa shape index (κ3) is 4.07. The molecule has 0 aliphatic heterocycles. The van der Waals surface area contributed by atoms with Crippen LogP contribution in [-0.2, 0) is 6.42 Å². The molecule has 0 saturated carbocycles. The molecule has 1 aromatic heterocycles. The number of ether oxygens (including phenoxy) is 1. The lowest BCUT2D eigenvalue weighted by Gasteiger charge is -2.09. The number of nitrogens with zero attached hydrogens (tertiary/aromatic N) is 2. The quantitative estimate of drug-likeness (QED) is 0.428. The van der Waals surface area contributed by atoms with Crippen LogP contribution in [0.3, 0.4) is 0 Å². The highest BCUT2D eigenvalue weighted by Crippen LogP contribution is 2.36. The van der Waals surface area contributed by atoms with Gasteiger partial charge < -0.3 is 4.74 Å². The Morgan fingerprint density at radius 1 is 1.10 bits per heavy atom. The monoisotopic (exact) mass is 438 g/mol. The predicted molar refractivity (Wildman–Crippen MR) is 88.0 cm³/mol. The molecule has 0 saturated heterocycles. The molecule has 0 bridgehead atoms. The average molecular weight is 441 g/mol. The highest BCUT2D eigenvalue weighted by molar-refractivity contribution is 9.10. The maximum absolute atomic E-state index is 6.12. The Morgan fingerprint density at radius 2 is 1.85 bits per heavy atom. The van der Waals surface area contributed by atoms with E-state index in [0.29, 0.717) is 30.8 Å². The lowest BCUT2D eigenvalue weighted by Crippen LogP contribution is -1.98. The summed E-state index contributed by atoms with van der Waals surface area (Å²) in [4.78, 5) is 8.61. The first-order chi connectivity index (χ1) is 9.49. The van der Waals surface area contributed by atoms with Crippen LogP contribution in [0.4, 0.5) is 0 Å². The largest absolute Gasteiger partial charge is 0.437 e. The molecule has 0 unspecified atom stereocenters. The molecule has 0 amide bonds. The summed E-state index contributed by atoms with van der Waals surface area (Å²) in [5.74, 6) is 1.60. The van der Waals surface area contributed by atoms with Crippen molar-refractivity contribution in [1.82, 2.24) is 9.97 Å². The van der Waals surface area contributed by atoms with Crippen molar-refractivity contribution in [2.45, 2.75) is 19.8 Å². The van der Waals surface area contributed by atoms with Crippen molar-refractivity contribution in [2.75, 3.05) is 0 Å². The number of rotatable bonds is 4. The summed E-state index contributed by atoms with van der Waals surface area (Å²) in [5, 5.41) is 0.972. The minimum atomic E-state index is 0.426. The van der Waals surface area contributed by atoms with Gasteiger partial charge in [0.15, 0.2) is 0 Å². The first-order valence-corrected chi connectivity index (χ1v) is 8.19. The molecule has 0 spiro atoms. The van der Waals surface area contributed by atoms with Crippen LogP contribution in [-0.4, -0.2) is 9.97 Å². The van der Waals surface area contributed by atoms with Crippen molar-refractivity contribution in [2.24, 2.45) is 0 Å². The number of aromatic nitrogens is 2. The van der Waals surface area contributed by atoms with E-state index in [0.717, 1.165) is 18.7 Å². The summed E-state index contributed by atoms with van der Waals surface area (Å²) in [7, 11) is 0. The molecule has 0 N–H and O–H groups in total. The Balaban J connectivity index is 2.32. The molecule has 1 heterocycles. The zero-order valence-corrected chi connectivity index (χ0v) is 15.1. The van der Waals surface area contributed by atoms with Crippen molar-refractivity contribution in [3.63, 3.8) is 0 Å². The maximum atomic E-state index is 6.12. The van der Waals surface area contributed by atoms with E-state index in [1.165, 1.54) is 0 Å². The fourth-order valence-corrected chi connectivity index (χ4v) is 2.76. The second kappa shape index (κ2) is 7.07. The molecule has 20 heavy (non-hydrogen) atoms. The SMILES string of the molecule is CCCc1nc(Br)cc(Oc2cc(Cl)c(Br)cc2Cl)n1. The third-order valence-corrected chi connectivity index (χ3v) is 4.28. The highest BCUT2D eigenvalue weighted by atomic mass is 79.9. The van der Waals surface area contributed by atoms with E-state index in [2.05, 4.69) is 48.8 Å². The van der Waals surface area contributed by atoms with Gasteiger partial charge in [-0.1, -0.05) is 30.1 Å². The van der Waals surface area contributed by atoms with Crippen LogP contribution in [0.1, 0.15) is 19.2 Å². The van der Waals surface area contributed by atoms with E-state index in [9.17, 15) is 0 Å². The summed E-state index contributed by atoms with van der Waals surface area (Å²) in [6.45, 7) is 2.07. The van der Waals surface area contributed by atoms with Crippen LogP contribution < -0.4 is 4.74 Å². The Kier molecular flexibility index (Phi) is 5.66. The first-order valence-electron chi connectivity index (χ1n) is 5.85. The topological polar surface area (TPSA) is 35.0 Å². The fraction of sp³-hybridized carbons (Fsp3) is 0.231. The van der Waals surface area contributed by atoms with Crippen molar-refractivity contribution in [1.29, 1.82) is 0 Å². The van der Waals surface area contributed by atoms with Crippen LogP contribution >= 0.6 is 55.1 Å². The second-order valence-electron chi connectivity index (χ2n) is 3.99. The Bertz CT molecular complexity index is 638. The van der Waals surface area contributed by atoms with Crippen LogP contribution in [0.5, 0.6) is 11.6 Å². The molecule has 0 fully saturated rings. The van der Waals surface area contributed by atoms with Gasteiger partial charge in [-0.2, -0.15) is 4.98 Å². The summed E-state index contributed by atoms with van der Waals surface area (Å²) in [6, 6.07) is 5.01. The van der Waals surface area contributed by atoms with Crippen molar-refractivity contribution < 1.29 is 4.74 Å². The van der Waals surface area contributed by atoms with E-state index in [1.807, 2.05) is 0 Å². The minimum absolute atomic E-state index is 0.426. The number of halogens is 4. The van der Waals surface area contributed by atoms with E-state index in [4.69, 9.17) is 27.9 Å². The number of aryl methyl sites for hydroxylation is 1. The minimum Gasteiger partial charge on any atom is -0.437 e. The number of benzene rings is 1. The molecule has 0 aliphatic rings. The molecule has 2 aromatic rings. The number of hydrogen-bond donors (Lipinski definition) is 0. The van der Waals surface area contributed by atoms with Gasteiger partial charge in [0, 0.05) is 23.0 Å². The first kappa shape index (κ1) is 16.0. The zero-order chi connectivity index (χ0) is 14.7. The summed E-state index contributed by atoms with van der Waals surface area (Å²) >= 11 is 18.8. The molecule has 0 aliphatic carbocycles. The third-order valence-electron chi connectivity index (χ3n) is 2.38. The molecule has 1 aromatic carbocycles. The second-order valence-corrected chi connectivity index (χ2v) is 6.48. The summed E-state index contributed by atoms with van der Waals surface area (Å²) in [5.41, 5.74) is 0. The average Bonchev–Trinajstić information content (AvgIpc) is 2.35. The molecular formula is C13H10Br2Cl2N2O. The van der Waals surface area contributed by atoms with Gasteiger partial charge in [0.2, 0.25) is 5.88 Å². The van der Waals surface area contributed by atoms with E-state index in [1.54, 1.807) is 18.2 Å². The summed E-state index contributed by atoms with van der Waals surface area (Å²) in [6.07, 6.45) is 1.74. The normalized spacial score (nSPS) is 10.7. The van der Waals surface area contributed by atoms with Crippen LogP contribution in [0.15, 0.2) is 27.3 Å². The van der Waals surface area contributed by atoms with Crippen molar-refractivity contribution >= 4 is 55.1 Å². The van der Waals surface area contributed by atoms with E-state index in [-0.39, 0.29) is 0 Å². The lowest BCUT2D eigenvalue weighted by molar-refractivity contribution is 0.457. The van der Waals surface area contributed by atoms with Gasteiger partial charge in [0.1, 0.15) is 16.2 Å². The van der Waals surface area contributed by atoms with Crippen LogP contribution in [0.25, 0.3) is 0 Å². The van der Waals surface area contributed by atoms with Gasteiger partial charge >= 0.3 is 0 Å². The van der Waals surface area contributed by atoms with Crippen molar-refractivity contribution in [3.8, 4) is 11.6 Å². The lowest BCUT2D eigenvalue weighted by atomic mass is 10.3. The van der Waals surface area contributed by atoms with Gasteiger partial charge in [-0.3, -0.25) is 0 Å². The highest BCUT2D eigenvalue weighted by Gasteiger charge is 2.10. The Labute approximate surface area is 143 Å². The van der Waals surface area contributed by atoms with Crippen LogP contribution in [0.2, 0.25) is 10.0 Å². The number of hydrogen-bond acceptors (Lipinski definition) is 3. The Morgan fingerprint density at radius 3 is 2.55 bits per heavy atom. The van der Waals surface area contributed by atoms with E-state index >= 15 is 0 Å². The van der Waals surface area contributed by atoms with Gasteiger partial charge in [-0.25, -0.2) is 4.98 Å². The van der Waals surface area contributed by atoms with Crippen LogP contribution in [0, 0.1) is 0 Å². The standard InChI is InChI=1S/C13H10Br2Cl2N2O/c1-2-3-12-18-11(15)6-13(19-12)20-10-5-8(16)7(14)4-9(10)17/h4-6H,2-3H2,1H3. The van der Waals surface area contributed by atoms with Gasteiger partial charge in [-0.05, 0) is 44.3 Å². The summed E-state index contributed by atoms with van der Waals surface area (Å²) < 4.78 is 7.08. The Hall–Kier alpha value is -0.360. The molecule has 0 radical (unpaired) electrons. The smallest absolute Gasteiger partial charge is 0.223 e. The molecule has 7 heteroatoms. The zero-order valence-electron chi connectivity index (χ0n) is 10.5. The predicted octanol–water partition coefficient (Wildman–Crippen LogP) is 6.05. The molecule has 3 nitrogen and oxygen atoms in total. The molecule has 0 atom stereocenters. The molecule has 106 valence electrons. The van der Waals surface area contributed by atoms with E-state index < -0.39 is 0 Å².